The summed E-state index contributed by atoms with van der Waals surface area (Å²) in [4.78, 5) is 11.5. The van der Waals surface area contributed by atoms with Gasteiger partial charge >= 0.3 is 12.3 Å². The fourth-order valence-corrected chi connectivity index (χ4v) is 1.91. The Kier molecular flexibility index (Phi) is 6.07. The third-order valence-electron chi connectivity index (χ3n) is 2.92. The van der Waals surface area contributed by atoms with E-state index in [1.54, 1.807) is 20.8 Å². The number of anilines is 1. The molecule has 24 heavy (non-hydrogen) atoms. The molecule has 1 aromatic carbocycles. The van der Waals surface area contributed by atoms with Crippen molar-refractivity contribution in [3.05, 3.63) is 29.3 Å². The van der Waals surface area contributed by atoms with Crippen molar-refractivity contribution < 1.29 is 32.9 Å². The summed E-state index contributed by atoms with van der Waals surface area (Å²) in [5, 5.41) is 22.1. The average molecular weight is 350 g/mol. The maximum atomic E-state index is 13.0. The normalized spacial score (nSPS) is 14.8. The Labute approximate surface area is 137 Å². The number of alkyl carbamates (subject to hydrolysis) is 1. The highest BCUT2D eigenvalue weighted by molar-refractivity contribution is 5.67. The lowest BCUT2D eigenvalue weighted by Gasteiger charge is -2.24. The van der Waals surface area contributed by atoms with Crippen LogP contribution in [0.4, 0.5) is 23.7 Å². The van der Waals surface area contributed by atoms with Crippen LogP contribution in [0.1, 0.15) is 38.0 Å². The molecule has 0 saturated heterocycles. The number of carbonyl (C=O) groups is 1. The summed E-state index contributed by atoms with van der Waals surface area (Å²) in [7, 11) is 0. The maximum absolute atomic E-state index is 13.0. The number of hydrogen-bond donors (Lipinski definition) is 4. The van der Waals surface area contributed by atoms with Crippen LogP contribution in [-0.2, 0) is 10.9 Å². The highest BCUT2D eigenvalue weighted by Gasteiger charge is 2.36. The van der Waals surface area contributed by atoms with E-state index in [1.807, 2.05) is 0 Å². The zero-order valence-electron chi connectivity index (χ0n) is 13.5. The van der Waals surface area contributed by atoms with Gasteiger partial charge in [-0.25, -0.2) is 4.79 Å². The first kappa shape index (κ1) is 20.0. The summed E-state index contributed by atoms with van der Waals surface area (Å²) in [6.07, 6.45) is -9.15. The van der Waals surface area contributed by atoms with Crippen molar-refractivity contribution in [3.8, 4) is 0 Å². The summed E-state index contributed by atoms with van der Waals surface area (Å²) in [6, 6.07) is 2.70. The Morgan fingerprint density at radius 2 is 1.88 bits per heavy atom. The van der Waals surface area contributed by atoms with Gasteiger partial charge in [0, 0.05) is 12.2 Å². The quantitative estimate of drug-likeness (QED) is 0.623. The molecule has 0 radical (unpaired) electrons. The number of hydrogen-bond acceptors (Lipinski definition) is 5. The number of benzene rings is 1. The molecule has 0 saturated carbocycles. The molecule has 0 fully saturated rings. The van der Waals surface area contributed by atoms with Crippen molar-refractivity contribution in [1.29, 1.82) is 0 Å². The number of nitrogens with two attached hydrogens (primary N) is 1. The summed E-state index contributed by atoms with van der Waals surface area (Å²) >= 11 is 0. The van der Waals surface area contributed by atoms with Crippen LogP contribution in [0.3, 0.4) is 0 Å². The molecule has 1 rings (SSSR count). The number of ether oxygens (including phenoxy) is 1. The van der Waals surface area contributed by atoms with Gasteiger partial charge in [-0.05, 0) is 44.5 Å². The van der Waals surface area contributed by atoms with Crippen LogP contribution in [0.25, 0.3) is 0 Å². The van der Waals surface area contributed by atoms with Gasteiger partial charge < -0.3 is 26.0 Å². The number of alkyl halides is 3. The SMILES string of the molecule is CC(C)(C)OC(=O)NCC(O)C(O)c1cc(N)ccc1C(F)(F)F. The third-order valence-corrected chi connectivity index (χ3v) is 2.92. The molecule has 0 spiro atoms. The van der Waals surface area contributed by atoms with Crippen molar-refractivity contribution in [1.82, 2.24) is 5.32 Å². The summed E-state index contributed by atoms with van der Waals surface area (Å²) < 4.78 is 43.9. The highest BCUT2D eigenvalue weighted by Crippen LogP contribution is 2.36. The number of aliphatic hydroxyl groups is 2. The first-order valence-electron chi connectivity index (χ1n) is 7.11. The molecule has 136 valence electrons. The number of halogens is 3. The minimum atomic E-state index is -4.72. The number of carbonyl (C=O) groups excluding carboxylic acids is 1. The first-order valence-corrected chi connectivity index (χ1v) is 7.11. The third kappa shape index (κ3) is 5.89. The molecule has 2 atom stereocenters. The monoisotopic (exact) mass is 350 g/mol. The van der Waals surface area contributed by atoms with Gasteiger partial charge in [0.25, 0.3) is 0 Å². The van der Waals surface area contributed by atoms with Crippen LogP contribution in [0.2, 0.25) is 0 Å². The van der Waals surface area contributed by atoms with E-state index in [-0.39, 0.29) is 5.69 Å². The second-order valence-corrected chi connectivity index (χ2v) is 6.24. The minimum Gasteiger partial charge on any atom is -0.444 e. The number of nitrogens with one attached hydrogen (secondary N) is 1. The van der Waals surface area contributed by atoms with Gasteiger partial charge in [0.15, 0.2) is 0 Å². The van der Waals surface area contributed by atoms with Crippen molar-refractivity contribution in [2.24, 2.45) is 0 Å². The topological polar surface area (TPSA) is 105 Å². The van der Waals surface area contributed by atoms with Gasteiger partial charge in [-0.2, -0.15) is 13.2 Å². The second-order valence-electron chi connectivity index (χ2n) is 6.24. The predicted molar refractivity (Wildman–Crippen MR) is 81.1 cm³/mol. The first-order chi connectivity index (χ1) is 10.8. The van der Waals surface area contributed by atoms with E-state index in [1.165, 1.54) is 0 Å². The molecule has 1 amide bonds. The molecule has 2 unspecified atom stereocenters. The lowest BCUT2D eigenvalue weighted by atomic mass is 9.97. The van der Waals surface area contributed by atoms with Crippen LogP contribution < -0.4 is 11.1 Å². The molecule has 9 heteroatoms. The van der Waals surface area contributed by atoms with Crippen molar-refractivity contribution in [2.45, 2.75) is 44.8 Å². The van der Waals surface area contributed by atoms with Crippen molar-refractivity contribution in [3.63, 3.8) is 0 Å². The lowest BCUT2D eigenvalue weighted by molar-refractivity contribution is -0.139. The molecule has 0 aliphatic rings. The van der Waals surface area contributed by atoms with Gasteiger partial charge in [0.05, 0.1) is 5.56 Å². The van der Waals surface area contributed by atoms with Crippen LogP contribution in [0.5, 0.6) is 0 Å². The molecule has 0 bridgehead atoms. The summed E-state index contributed by atoms with van der Waals surface area (Å²) in [6.45, 7) is 4.38. The predicted octanol–water partition coefficient (Wildman–Crippen LogP) is 2.21. The van der Waals surface area contributed by atoms with Crippen LogP contribution >= 0.6 is 0 Å². The van der Waals surface area contributed by atoms with Gasteiger partial charge in [0.2, 0.25) is 0 Å². The van der Waals surface area contributed by atoms with Gasteiger partial charge in [-0.1, -0.05) is 0 Å². The second kappa shape index (κ2) is 7.27. The van der Waals surface area contributed by atoms with Crippen LogP contribution in [-0.4, -0.2) is 34.6 Å². The molecule has 0 aliphatic carbocycles. The Hall–Kier alpha value is -2.00. The van der Waals surface area contributed by atoms with E-state index < -0.39 is 47.8 Å². The Morgan fingerprint density at radius 3 is 2.38 bits per heavy atom. The Morgan fingerprint density at radius 1 is 1.29 bits per heavy atom. The average Bonchev–Trinajstić information content (AvgIpc) is 2.40. The van der Waals surface area contributed by atoms with Crippen LogP contribution in [0, 0.1) is 0 Å². The Bertz CT molecular complexity index is 585. The van der Waals surface area contributed by atoms with Gasteiger partial charge in [-0.15, -0.1) is 0 Å². The molecule has 0 heterocycles. The number of aliphatic hydroxyl groups excluding tert-OH is 2. The standard InChI is InChI=1S/C15H21F3N2O4/c1-14(2,3)24-13(23)20-7-11(21)12(22)9-6-8(19)4-5-10(9)15(16,17)18/h4-6,11-12,21-22H,7,19H2,1-3H3,(H,20,23). The maximum Gasteiger partial charge on any atom is 0.416 e. The molecule has 1 aromatic rings. The fourth-order valence-electron chi connectivity index (χ4n) is 1.91. The van der Waals surface area contributed by atoms with Crippen molar-refractivity contribution >= 4 is 11.8 Å². The number of rotatable bonds is 4. The van der Waals surface area contributed by atoms with E-state index in [0.29, 0.717) is 0 Å². The number of nitrogen functional groups attached to an aromatic ring is 1. The summed E-state index contributed by atoms with van der Waals surface area (Å²) in [5.74, 6) is 0. The molecule has 5 N–H and O–H groups in total. The highest BCUT2D eigenvalue weighted by atomic mass is 19.4. The number of amides is 1. The largest absolute Gasteiger partial charge is 0.444 e. The van der Waals surface area contributed by atoms with Crippen molar-refractivity contribution in [2.75, 3.05) is 12.3 Å². The minimum absolute atomic E-state index is 0.00403. The van der Waals surface area contributed by atoms with E-state index in [9.17, 15) is 28.2 Å². The summed E-state index contributed by atoms with van der Waals surface area (Å²) in [5.41, 5.74) is 3.00. The van der Waals surface area contributed by atoms with E-state index in [2.05, 4.69) is 5.32 Å². The van der Waals surface area contributed by atoms with Gasteiger partial charge in [-0.3, -0.25) is 0 Å². The molecular formula is C15H21F3N2O4. The van der Waals surface area contributed by atoms with E-state index in [0.717, 1.165) is 18.2 Å². The van der Waals surface area contributed by atoms with Crippen LogP contribution in [0.15, 0.2) is 18.2 Å². The fraction of sp³-hybridized carbons (Fsp3) is 0.533. The molecular weight excluding hydrogens is 329 g/mol. The molecule has 0 aromatic heterocycles. The zero-order chi connectivity index (χ0) is 18.7. The van der Waals surface area contributed by atoms with E-state index in [4.69, 9.17) is 10.5 Å². The lowest BCUT2D eigenvalue weighted by Crippen LogP contribution is -2.39. The van der Waals surface area contributed by atoms with Gasteiger partial charge in [0.1, 0.15) is 17.8 Å². The smallest absolute Gasteiger partial charge is 0.416 e. The zero-order valence-corrected chi connectivity index (χ0v) is 13.5. The molecule has 6 nitrogen and oxygen atoms in total. The Balaban J connectivity index is 2.85. The molecule has 0 aliphatic heterocycles. The van der Waals surface area contributed by atoms with E-state index >= 15 is 0 Å².